The normalized spacial score (nSPS) is 14.1. The molecule has 2 N–H and O–H groups in total. The summed E-state index contributed by atoms with van der Waals surface area (Å²) in [5, 5.41) is 9.29. The van der Waals surface area contributed by atoms with E-state index < -0.39 is 18.0 Å². The first kappa shape index (κ1) is 30.1. The molecular weight excluding hydrogens is 593 g/mol. The molecule has 4 aromatic rings. The van der Waals surface area contributed by atoms with Gasteiger partial charge in [0.15, 0.2) is 0 Å². The molecule has 0 saturated carbocycles. The van der Waals surface area contributed by atoms with Gasteiger partial charge in [-0.2, -0.15) is 13.2 Å². The van der Waals surface area contributed by atoms with Gasteiger partial charge >= 0.3 is 6.18 Å². The van der Waals surface area contributed by atoms with Crippen molar-refractivity contribution in [2.24, 2.45) is 5.92 Å². The van der Waals surface area contributed by atoms with Crippen molar-refractivity contribution >= 4 is 40.6 Å². The number of carbonyl (C=O) groups is 2. The standard InChI is InChI=1S/C24H22Cl2FN5O2.C2HF3O2/c25-19-11-21-23(33)29-12-17(32(21)22(19)26)9-16-1-2-20(27)18(10-16)24(34)31-6-3-15(4-7-31)13-30-8-5-28-14-30;3-2(4,5)1(6)7/h1-2,5,8,10-12,14-15H,3-4,6-7,9,13H2,(H,29,33);(H,6,7). The zero-order valence-corrected chi connectivity index (χ0v) is 22.7. The Labute approximate surface area is 239 Å². The molecule has 15 heteroatoms. The van der Waals surface area contributed by atoms with Crippen molar-refractivity contribution in [3.8, 4) is 0 Å². The molecule has 3 aromatic heterocycles. The van der Waals surface area contributed by atoms with Crippen LogP contribution >= 0.6 is 23.2 Å². The van der Waals surface area contributed by atoms with Gasteiger partial charge in [0, 0.05) is 37.3 Å². The third-order valence-electron chi connectivity index (χ3n) is 6.64. The molecule has 0 aliphatic carbocycles. The largest absolute Gasteiger partial charge is 0.542 e. The number of aliphatic carboxylic acids is 1. The molecule has 0 atom stereocenters. The molecule has 1 aliphatic heterocycles. The van der Waals surface area contributed by atoms with E-state index in [1.807, 2.05) is 18.7 Å². The molecule has 1 aromatic carbocycles. The van der Waals surface area contributed by atoms with Crippen molar-refractivity contribution in [1.82, 2.24) is 19.3 Å². The zero-order valence-electron chi connectivity index (χ0n) is 21.2. The minimum Gasteiger partial charge on any atom is -0.542 e. The average Bonchev–Trinajstić information content (AvgIpc) is 3.55. The Bertz CT molecular complexity index is 1610. The van der Waals surface area contributed by atoms with Gasteiger partial charge in [0.25, 0.3) is 11.5 Å². The van der Waals surface area contributed by atoms with E-state index in [0.717, 1.165) is 24.9 Å². The molecule has 4 heterocycles. The minimum atomic E-state index is -5.19. The maximum atomic E-state index is 14.7. The van der Waals surface area contributed by atoms with E-state index in [-0.39, 0.29) is 27.2 Å². The zero-order chi connectivity index (χ0) is 29.9. The number of fused-ring (bicyclic) bond motifs is 1. The number of hydrogen-bond acceptors (Lipinski definition) is 4. The average molecular weight is 616 g/mol. The van der Waals surface area contributed by atoms with Crippen molar-refractivity contribution in [1.29, 1.82) is 0 Å². The summed E-state index contributed by atoms with van der Waals surface area (Å²) in [6, 6.07) is 6.02. The summed E-state index contributed by atoms with van der Waals surface area (Å²) in [5.41, 5.74) is 1.45. The second kappa shape index (κ2) is 12.4. The Morgan fingerprint density at radius 3 is 2.44 bits per heavy atom. The third-order valence-corrected chi connectivity index (χ3v) is 7.40. The number of halogens is 6. The van der Waals surface area contributed by atoms with E-state index in [1.165, 1.54) is 12.1 Å². The Morgan fingerprint density at radius 2 is 1.83 bits per heavy atom. The summed E-state index contributed by atoms with van der Waals surface area (Å²) >= 11 is 12.4. The first-order valence-corrected chi connectivity index (χ1v) is 13.1. The molecule has 1 fully saturated rings. The number of piperidine rings is 1. The SMILES string of the molecule is O=C([O-])C(F)(F)F.O=C(c1cc(Cc2c[nH]c(=O)c3cc(Cl)c(Cl)n23)ccc1F)N1CCC(C[n+]2cc[nH]c2)CC1. The first-order chi connectivity index (χ1) is 19.3. The topological polar surface area (TPSA) is 117 Å². The lowest BCUT2D eigenvalue weighted by Crippen LogP contribution is -2.43. The molecule has 0 unspecified atom stereocenters. The predicted octanol–water partition coefficient (Wildman–Crippen LogP) is 3.13. The monoisotopic (exact) mass is 615 g/mol. The fourth-order valence-corrected chi connectivity index (χ4v) is 5.04. The molecule has 0 bridgehead atoms. The van der Waals surface area contributed by atoms with Crippen LogP contribution in [-0.2, 0) is 17.8 Å². The second-order valence-electron chi connectivity index (χ2n) is 9.43. The van der Waals surface area contributed by atoms with Crippen molar-refractivity contribution < 1.29 is 36.8 Å². The highest BCUT2D eigenvalue weighted by atomic mass is 35.5. The number of carbonyl (C=O) groups excluding carboxylic acids is 2. The highest BCUT2D eigenvalue weighted by molar-refractivity contribution is 6.42. The maximum absolute atomic E-state index is 14.7. The van der Waals surface area contributed by atoms with Gasteiger partial charge in [0.1, 0.15) is 34.9 Å². The Kier molecular flexibility index (Phi) is 9.08. The van der Waals surface area contributed by atoms with Crippen molar-refractivity contribution in [3.05, 3.63) is 92.4 Å². The molecule has 1 amide bonds. The van der Waals surface area contributed by atoms with Crippen LogP contribution in [0.5, 0.6) is 0 Å². The fraction of sp³-hybridized carbons (Fsp3) is 0.308. The van der Waals surface area contributed by atoms with Crippen LogP contribution in [0.2, 0.25) is 10.2 Å². The summed E-state index contributed by atoms with van der Waals surface area (Å²) in [4.78, 5) is 41.5. The summed E-state index contributed by atoms with van der Waals surface area (Å²) in [6.07, 6.45) is 4.21. The van der Waals surface area contributed by atoms with E-state index in [4.69, 9.17) is 33.1 Å². The summed E-state index contributed by atoms with van der Waals surface area (Å²) < 4.78 is 49.9. The summed E-state index contributed by atoms with van der Waals surface area (Å²) in [7, 11) is 0. The molecular formula is C26H23Cl2F4N5O4. The van der Waals surface area contributed by atoms with Gasteiger partial charge in [-0.3, -0.25) is 19.0 Å². The highest BCUT2D eigenvalue weighted by Crippen LogP contribution is 2.27. The van der Waals surface area contributed by atoms with E-state index in [0.29, 0.717) is 36.6 Å². The van der Waals surface area contributed by atoms with Crippen LogP contribution in [0.4, 0.5) is 17.6 Å². The molecule has 41 heavy (non-hydrogen) atoms. The number of nitrogens with one attached hydrogen (secondary N) is 2. The van der Waals surface area contributed by atoms with Crippen molar-refractivity contribution in [2.45, 2.75) is 32.0 Å². The number of nitrogens with zero attached hydrogens (tertiary/aromatic N) is 3. The number of carboxylic acid groups (broad SMARTS) is 1. The van der Waals surface area contributed by atoms with Crippen LogP contribution in [0, 0.1) is 11.7 Å². The number of rotatable bonds is 5. The lowest BCUT2D eigenvalue weighted by Gasteiger charge is -2.31. The first-order valence-electron chi connectivity index (χ1n) is 12.3. The van der Waals surface area contributed by atoms with Crippen LogP contribution in [0.25, 0.3) is 5.52 Å². The fourth-order valence-electron chi connectivity index (χ4n) is 4.60. The van der Waals surface area contributed by atoms with Crippen LogP contribution in [0.3, 0.4) is 0 Å². The molecule has 0 spiro atoms. The number of alkyl halides is 3. The number of benzene rings is 1. The highest BCUT2D eigenvalue weighted by Gasteiger charge is 2.29. The molecule has 218 valence electrons. The predicted molar refractivity (Wildman–Crippen MR) is 138 cm³/mol. The quantitative estimate of drug-likeness (QED) is 0.265. The van der Waals surface area contributed by atoms with Gasteiger partial charge in [-0.1, -0.05) is 29.3 Å². The van der Waals surface area contributed by atoms with Crippen LogP contribution in [0.15, 0.2) is 54.0 Å². The number of carboxylic acids is 1. The smallest absolute Gasteiger partial charge is 0.430 e. The van der Waals surface area contributed by atoms with Crippen LogP contribution in [0.1, 0.15) is 34.5 Å². The maximum Gasteiger partial charge on any atom is 0.430 e. The number of aromatic amines is 2. The van der Waals surface area contributed by atoms with Crippen molar-refractivity contribution in [2.75, 3.05) is 13.1 Å². The number of imidazole rings is 1. The van der Waals surface area contributed by atoms with Gasteiger partial charge in [-0.05, 0) is 36.6 Å². The Hall–Kier alpha value is -3.84. The Morgan fingerprint density at radius 1 is 1.15 bits per heavy atom. The molecule has 1 aliphatic rings. The number of H-pyrrole nitrogens is 2. The van der Waals surface area contributed by atoms with E-state index in [9.17, 15) is 27.2 Å². The van der Waals surface area contributed by atoms with Crippen LogP contribution in [-0.4, -0.2) is 50.4 Å². The van der Waals surface area contributed by atoms with Gasteiger partial charge in [0.2, 0.25) is 6.33 Å². The number of amides is 1. The van der Waals surface area contributed by atoms with Crippen molar-refractivity contribution in [3.63, 3.8) is 0 Å². The number of likely N-dealkylation sites (tertiary alicyclic amines) is 1. The molecule has 5 rings (SSSR count). The lowest BCUT2D eigenvalue weighted by atomic mass is 9.96. The van der Waals surface area contributed by atoms with E-state index in [1.54, 1.807) is 27.6 Å². The summed E-state index contributed by atoms with van der Waals surface area (Å²) in [6.45, 7) is 2.08. The lowest BCUT2D eigenvalue weighted by molar-refractivity contribution is -0.702. The van der Waals surface area contributed by atoms with Gasteiger partial charge < -0.3 is 19.8 Å². The van der Waals surface area contributed by atoms with Gasteiger partial charge in [-0.15, -0.1) is 0 Å². The Balaban J connectivity index is 0.000000493. The number of hydrogen-bond donors (Lipinski definition) is 2. The summed E-state index contributed by atoms with van der Waals surface area (Å²) in [5.74, 6) is -3.39. The van der Waals surface area contributed by atoms with E-state index in [2.05, 4.69) is 14.5 Å². The van der Waals surface area contributed by atoms with Gasteiger partial charge in [-0.25, -0.2) is 8.96 Å². The van der Waals surface area contributed by atoms with Crippen LogP contribution < -0.4 is 15.2 Å². The molecule has 1 saturated heterocycles. The number of aromatic nitrogens is 4. The molecule has 9 nitrogen and oxygen atoms in total. The second-order valence-corrected chi connectivity index (χ2v) is 10.2. The van der Waals surface area contributed by atoms with Gasteiger partial charge in [0.05, 0.1) is 17.1 Å². The van der Waals surface area contributed by atoms with E-state index >= 15 is 0 Å². The third kappa shape index (κ3) is 7.09. The minimum absolute atomic E-state index is 0.0493. The molecule has 0 radical (unpaired) electrons.